The van der Waals surface area contributed by atoms with Crippen molar-refractivity contribution in [3.63, 3.8) is 0 Å². The van der Waals surface area contributed by atoms with Gasteiger partial charge in [0.2, 0.25) is 0 Å². The third-order valence-electron chi connectivity index (χ3n) is 5.45. The van der Waals surface area contributed by atoms with Crippen molar-refractivity contribution in [1.29, 1.82) is 0 Å². The molecule has 1 aromatic carbocycles. The SMILES string of the molecule is CCC[C@](CC)(c1cc(O)ccc1CC)C(C)(C)CC. The van der Waals surface area contributed by atoms with E-state index in [-0.39, 0.29) is 10.8 Å². The molecular weight excluding hydrogens is 244 g/mol. The molecule has 0 saturated heterocycles. The first kappa shape index (κ1) is 17.1. The average molecular weight is 276 g/mol. The van der Waals surface area contributed by atoms with Gasteiger partial charge >= 0.3 is 0 Å². The van der Waals surface area contributed by atoms with Crippen LogP contribution in [0.25, 0.3) is 0 Å². The lowest BCUT2D eigenvalue weighted by Gasteiger charge is -2.48. The van der Waals surface area contributed by atoms with Crippen molar-refractivity contribution in [1.82, 2.24) is 0 Å². The summed E-state index contributed by atoms with van der Waals surface area (Å²) in [6.45, 7) is 13.8. The Balaban J connectivity index is 3.56. The first-order chi connectivity index (χ1) is 9.38. The van der Waals surface area contributed by atoms with Crippen molar-refractivity contribution >= 4 is 0 Å². The van der Waals surface area contributed by atoms with Crippen LogP contribution in [-0.4, -0.2) is 5.11 Å². The maximum Gasteiger partial charge on any atom is 0.115 e. The summed E-state index contributed by atoms with van der Waals surface area (Å²) in [6.07, 6.45) is 5.66. The van der Waals surface area contributed by atoms with Crippen molar-refractivity contribution < 1.29 is 5.11 Å². The van der Waals surface area contributed by atoms with Gasteiger partial charge in [-0.2, -0.15) is 0 Å². The normalized spacial score (nSPS) is 15.1. The van der Waals surface area contributed by atoms with Crippen molar-refractivity contribution in [3.05, 3.63) is 29.3 Å². The topological polar surface area (TPSA) is 20.2 Å². The summed E-state index contributed by atoms with van der Waals surface area (Å²) < 4.78 is 0. The molecule has 1 N–H and O–H groups in total. The van der Waals surface area contributed by atoms with Crippen LogP contribution in [0.2, 0.25) is 0 Å². The Morgan fingerprint density at radius 3 is 2.10 bits per heavy atom. The van der Waals surface area contributed by atoms with Gasteiger partial charge in [0.25, 0.3) is 0 Å². The van der Waals surface area contributed by atoms with Crippen LogP contribution in [0.4, 0.5) is 0 Å². The molecule has 0 aliphatic carbocycles. The molecule has 0 amide bonds. The Morgan fingerprint density at radius 2 is 1.65 bits per heavy atom. The minimum atomic E-state index is 0.153. The fourth-order valence-corrected chi connectivity index (χ4v) is 3.77. The largest absolute Gasteiger partial charge is 0.508 e. The first-order valence-electron chi connectivity index (χ1n) is 8.20. The number of phenolic OH excluding ortho intramolecular Hbond substituents is 1. The van der Waals surface area contributed by atoms with Gasteiger partial charge in [0.15, 0.2) is 0 Å². The molecule has 0 saturated carbocycles. The van der Waals surface area contributed by atoms with E-state index in [1.54, 1.807) is 0 Å². The molecule has 1 rings (SSSR count). The number of hydrogen-bond acceptors (Lipinski definition) is 1. The monoisotopic (exact) mass is 276 g/mol. The highest BCUT2D eigenvalue weighted by Gasteiger charge is 2.44. The predicted molar refractivity (Wildman–Crippen MR) is 88.4 cm³/mol. The van der Waals surface area contributed by atoms with Crippen LogP contribution in [0.15, 0.2) is 18.2 Å². The standard InChI is InChI=1S/C19H32O/c1-7-13-19(10-4,18(5,6)9-3)17-14-16(20)12-11-15(17)8-2/h11-12,14,20H,7-10,13H2,1-6H3/t19-/m1/s1. The lowest BCUT2D eigenvalue weighted by Crippen LogP contribution is -2.42. The van der Waals surface area contributed by atoms with Gasteiger partial charge in [-0.25, -0.2) is 0 Å². The van der Waals surface area contributed by atoms with Crippen LogP contribution < -0.4 is 0 Å². The van der Waals surface area contributed by atoms with Crippen LogP contribution in [0.1, 0.15) is 78.4 Å². The van der Waals surface area contributed by atoms with E-state index in [1.165, 1.54) is 24.0 Å². The fraction of sp³-hybridized carbons (Fsp3) is 0.684. The summed E-state index contributed by atoms with van der Waals surface area (Å²) in [7, 11) is 0. The van der Waals surface area contributed by atoms with E-state index in [9.17, 15) is 5.11 Å². The van der Waals surface area contributed by atoms with Gasteiger partial charge in [0, 0.05) is 5.41 Å². The number of phenols is 1. The van der Waals surface area contributed by atoms with Gasteiger partial charge in [-0.3, -0.25) is 0 Å². The van der Waals surface area contributed by atoms with E-state index in [2.05, 4.69) is 47.6 Å². The second-order valence-electron chi connectivity index (χ2n) is 6.62. The van der Waals surface area contributed by atoms with Crippen LogP contribution in [0, 0.1) is 5.41 Å². The number of benzene rings is 1. The lowest BCUT2D eigenvalue weighted by atomic mass is 9.56. The summed E-state index contributed by atoms with van der Waals surface area (Å²) in [5.74, 6) is 0.401. The first-order valence-corrected chi connectivity index (χ1v) is 8.20. The molecule has 0 unspecified atom stereocenters. The van der Waals surface area contributed by atoms with Crippen LogP contribution in [0.5, 0.6) is 5.75 Å². The molecular formula is C19H32O. The van der Waals surface area contributed by atoms with Gasteiger partial charge in [-0.05, 0) is 47.9 Å². The predicted octanol–water partition coefficient (Wildman–Crippen LogP) is 5.84. The molecule has 1 heteroatoms. The Hall–Kier alpha value is -0.980. The van der Waals surface area contributed by atoms with Gasteiger partial charge < -0.3 is 5.11 Å². The average Bonchev–Trinajstić information content (AvgIpc) is 2.44. The van der Waals surface area contributed by atoms with E-state index >= 15 is 0 Å². The van der Waals surface area contributed by atoms with Crippen molar-refractivity contribution in [2.45, 2.75) is 79.1 Å². The van der Waals surface area contributed by atoms with Gasteiger partial charge in [-0.15, -0.1) is 0 Å². The molecule has 1 nitrogen and oxygen atoms in total. The number of aromatic hydroxyl groups is 1. The van der Waals surface area contributed by atoms with Gasteiger partial charge in [0.1, 0.15) is 5.75 Å². The Labute approximate surface area is 125 Å². The zero-order chi connectivity index (χ0) is 15.4. The van der Waals surface area contributed by atoms with Crippen LogP contribution in [-0.2, 0) is 11.8 Å². The van der Waals surface area contributed by atoms with Crippen molar-refractivity contribution in [2.75, 3.05) is 0 Å². The number of hydrogen-bond donors (Lipinski definition) is 1. The van der Waals surface area contributed by atoms with E-state index in [4.69, 9.17) is 0 Å². The van der Waals surface area contributed by atoms with Gasteiger partial charge in [0.05, 0.1) is 0 Å². The highest BCUT2D eigenvalue weighted by molar-refractivity contribution is 5.41. The quantitative estimate of drug-likeness (QED) is 0.663. The molecule has 0 radical (unpaired) electrons. The van der Waals surface area contributed by atoms with E-state index < -0.39 is 0 Å². The molecule has 0 heterocycles. The fourth-order valence-electron chi connectivity index (χ4n) is 3.77. The third-order valence-corrected chi connectivity index (χ3v) is 5.45. The molecule has 20 heavy (non-hydrogen) atoms. The number of aryl methyl sites for hydroxylation is 1. The Kier molecular flexibility index (Phi) is 5.68. The molecule has 0 aromatic heterocycles. The zero-order valence-electron chi connectivity index (χ0n) is 14.2. The third kappa shape index (κ3) is 2.87. The summed E-state index contributed by atoms with van der Waals surface area (Å²) in [6, 6.07) is 5.96. The van der Waals surface area contributed by atoms with Crippen LogP contribution >= 0.6 is 0 Å². The molecule has 0 fully saturated rings. The second-order valence-corrected chi connectivity index (χ2v) is 6.62. The number of rotatable bonds is 7. The van der Waals surface area contributed by atoms with E-state index in [1.807, 2.05) is 12.1 Å². The molecule has 0 aliphatic rings. The van der Waals surface area contributed by atoms with E-state index in [0.717, 1.165) is 19.3 Å². The van der Waals surface area contributed by atoms with Crippen molar-refractivity contribution in [3.8, 4) is 5.75 Å². The lowest BCUT2D eigenvalue weighted by molar-refractivity contribution is 0.130. The van der Waals surface area contributed by atoms with Crippen LogP contribution in [0.3, 0.4) is 0 Å². The molecule has 1 atom stereocenters. The second kappa shape index (κ2) is 6.65. The molecule has 0 aliphatic heterocycles. The summed E-state index contributed by atoms with van der Waals surface area (Å²) in [5, 5.41) is 10.00. The minimum Gasteiger partial charge on any atom is -0.508 e. The summed E-state index contributed by atoms with van der Waals surface area (Å²) in [4.78, 5) is 0. The van der Waals surface area contributed by atoms with Gasteiger partial charge in [-0.1, -0.05) is 60.5 Å². The molecule has 114 valence electrons. The maximum absolute atomic E-state index is 10.00. The zero-order valence-corrected chi connectivity index (χ0v) is 14.2. The smallest absolute Gasteiger partial charge is 0.115 e. The molecule has 1 aromatic rings. The Bertz CT molecular complexity index is 433. The molecule has 0 spiro atoms. The molecule has 0 bridgehead atoms. The highest BCUT2D eigenvalue weighted by Crippen LogP contribution is 2.51. The van der Waals surface area contributed by atoms with E-state index in [0.29, 0.717) is 5.75 Å². The Morgan fingerprint density at radius 1 is 1.00 bits per heavy atom. The highest BCUT2D eigenvalue weighted by atomic mass is 16.3. The summed E-state index contributed by atoms with van der Waals surface area (Å²) >= 11 is 0. The van der Waals surface area contributed by atoms with Crippen molar-refractivity contribution in [2.24, 2.45) is 5.41 Å². The minimum absolute atomic E-state index is 0.153. The summed E-state index contributed by atoms with van der Waals surface area (Å²) in [5.41, 5.74) is 3.15. The maximum atomic E-state index is 10.00.